The lowest BCUT2D eigenvalue weighted by Gasteiger charge is -2.11. The van der Waals surface area contributed by atoms with E-state index in [2.05, 4.69) is 25.7 Å². The summed E-state index contributed by atoms with van der Waals surface area (Å²) >= 11 is 0. The summed E-state index contributed by atoms with van der Waals surface area (Å²) < 4.78 is 0. The maximum Gasteiger partial charge on any atom is 0.272 e. The van der Waals surface area contributed by atoms with Crippen LogP contribution in [0, 0.1) is 6.92 Å². The molecular weight excluding hydrogens is 254 g/mol. The molecule has 1 unspecified atom stereocenters. The van der Waals surface area contributed by atoms with Crippen LogP contribution < -0.4 is 5.32 Å². The molecule has 0 saturated heterocycles. The summed E-state index contributed by atoms with van der Waals surface area (Å²) in [5, 5.41) is 17.2. The Labute approximate surface area is 117 Å². The van der Waals surface area contributed by atoms with Gasteiger partial charge in [-0.3, -0.25) is 15.0 Å². The van der Waals surface area contributed by atoms with Gasteiger partial charge in [-0.25, -0.2) is 0 Å². The van der Waals surface area contributed by atoms with Gasteiger partial charge < -0.3 is 5.32 Å². The largest absolute Gasteiger partial charge is 0.348 e. The van der Waals surface area contributed by atoms with Crippen LogP contribution in [-0.4, -0.2) is 32.3 Å². The first kappa shape index (κ1) is 12.9. The van der Waals surface area contributed by atoms with Crippen molar-refractivity contribution in [2.24, 2.45) is 0 Å². The van der Waals surface area contributed by atoms with E-state index in [1.54, 1.807) is 0 Å². The van der Waals surface area contributed by atoms with E-state index in [0.717, 1.165) is 41.9 Å². The molecule has 1 aliphatic rings. The van der Waals surface area contributed by atoms with Crippen molar-refractivity contribution in [1.82, 2.24) is 25.7 Å². The third kappa shape index (κ3) is 2.45. The summed E-state index contributed by atoms with van der Waals surface area (Å²) in [6.45, 7) is 3.95. The van der Waals surface area contributed by atoms with Crippen LogP contribution >= 0.6 is 0 Å². The predicted octanol–water partition coefficient (Wildman–Crippen LogP) is 1.29. The van der Waals surface area contributed by atoms with E-state index in [0.29, 0.717) is 12.1 Å². The van der Waals surface area contributed by atoms with Crippen LogP contribution in [0.5, 0.6) is 0 Å². The normalized spacial score (nSPS) is 15.1. The zero-order chi connectivity index (χ0) is 14.1. The van der Waals surface area contributed by atoms with Gasteiger partial charge in [-0.1, -0.05) is 0 Å². The quantitative estimate of drug-likeness (QED) is 0.784. The number of hydrogen-bond donors (Lipinski definition) is 3. The fourth-order valence-corrected chi connectivity index (χ4v) is 2.74. The van der Waals surface area contributed by atoms with Crippen LogP contribution in [0.2, 0.25) is 0 Å². The summed E-state index contributed by atoms with van der Waals surface area (Å²) in [4.78, 5) is 12.2. The molecule has 2 aromatic heterocycles. The van der Waals surface area contributed by atoms with Gasteiger partial charge in [0, 0.05) is 29.4 Å². The van der Waals surface area contributed by atoms with Crippen molar-refractivity contribution in [3.05, 3.63) is 34.4 Å². The Hall–Kier alpha value is -2.11. The average Bonchev–Trinajstić information content (AvgIpc) is 3.04. The molecule has 1 aliphatic carbocycles. The first-order valence-corrected chi connectivity index (χ1v) is 7.01. The van der Waals surface area contributed by atoms with Gasteiger partial charge >= 0.3 is 0 Å². The van der Waals surface area contributed by atoms with Crippen molar-refractivity contribution in [3.8, 4) is 0 Å². The zero-order valence-electron chi connectivity index (χ0n) is 11.8. The predicted molar refractivity (Wildman–Crippen MR) is 74.6 cm³/mol. The van der Waals surface area contributed by atoms with Gasteiger partial charge in [0.1, 0.15) is 0 Å². The van der Waals surface area contributed by atoms with E-state index in [1.807, 2.05) is 19.9 Å². The van der Waals surface area contributed by atoms with E-state index in [-0.39, 0.29) is 11.9 Å². The van der Waals surface area contributed by atoms with Gasteiger partial charge in [-0.2, -0.15) is 10.2 Å². The minimum Gasteiger partial charge on any atom is -0.348 e. The lowest BCUT2D eigenvalue weighted by molar-refractivity contribution is 0.0934. The van der Waals surface area contributed by atoms with Gasteiger partial charge in [0.05, 0.1) is 5.69 Å². The Kier molecular flexibility index (Phi) is 3.30. The first-order valence-electron chi connectivity index (χ1n) is 7.01. The van der Waals surface area contributed by atoms with E-state index in [9.17, 15) is 4.79 Å². The molecule has 106 valence electrons. The number of rotatable bonds is 4. The zero-order valence-corrected chi connectivity index (χ0v) is 11.8. The average molecular weight is 273 g/mol. The van der Waals surface area contributed by atoms with Crippen molar-refractivity contribution >= 4 is 5.91 Å². The number of nitrogens with zero attached hydrogens (tertiary/aromatic N) is 2. The highest BCUT2D eigenvalue weighted by Gasteiger charge is 2.23. The molecule has 2 aromatic rings. The third-order valence-corrected chi connectivity index (χ3v) is 3.67. The van der Waals surface area contributed by atoms with E-state index in [4.69, 9.17) is 0 Å². The van der Waals surface area contributed by atoms with Gasteiger partial charge in [-0.15, -0.1) is 0 Å². The summed E-state index contributed by atoms with van der Waals surface area (Å²) in [7, 11) is 0. The van der Waals surface area contributed by atoms with Crippen molar-refractivity contribution in [2.45, 2.75) is 45.6 Å². The van der Waals surface area contributed by atoms with Gasteiger partial charge in [0.15, 0.2) is 5.69 Å². The fraction of sp³-hybridized carbons (Fsp3) is 0.500. The second kappa shape index (κ2) is 5.11. The minimum absolute atomic E-state index is 0.0268. The van der Waals surface area contributed by atoms with Crippen molar-refractivity contribution < 1.29 is 4.79 Å². The molecular formula is C14H19N5O. The number of fused-ring (bicyclic) bond motifs is 1. The Morgan fingerprint density at radius 3 is 3.00 bits per heavy atom. The van der Waals surface area contributed by atoms with Crippen LogP contribution in [0.15, 0.2) is 6.07 Å². The lowest BCUT2D eigenvalue weighted by atomic mass is 10.1. The Morgan fingerprint density at radius 2 is 2.25 bits per heavy atom. The lowest BCUT2D eigenvalue weighted by Crippen LogP contribution is -2.34. The van der Waals surface area contributed by atoms with Crippen LogP contribution in [0.25, 0.3) is 0 Å². The molecule has 0 saturated carbocycles. The van der Waals surface area contributed by atoms with Crippen LogP contribution in [0.1, 0.15) is 46.5 Å². The number of aryl methyl sites for hydroxylation is 2. The number of carbonyl (C=O) groups excluding carboxylic acids is 1. The number of hydrogen-bond acceptors (Lipinski definition) is 3. The highest BCUT2D eigenvalue weighted by atomic mass is 16.2. The van der Waals surface area contributed by atoms with Crippen molar-refractivity contribution in [2.75, 3.05) is 0 Å². The summed E-state index contributed by atoms with van der Waals surface area (Å²) in [6.07, 6.45) is 3.76. The van der Waals surface area contributed by atoms with Crippen LogP contribution in [0.3, 0.4) is 0 Å². The summed E-state index contributed by atoms with van der Waals surface area (Å²) in [5.74, 6) is -0.0934. The fourth-order valence-electron chi connectivity index (χ4n) is 2.74. The van der Waals surface area contributed by atoms with E-state index >= 15 is 0 Å². The molecule has 0 fully saturated rings. The molecule has 6 nitrogen and oxygen atoms in total. The maximum absolute atomic E-state index is 12.2. The Morgan fingerprint density at radius 1 is 1.40 bits per heavy atom. The monoisotopic (exact) mass is 273 g/mol. The molecule has 3 N–H and O–H groups in total. The molecule has 3 rings (SSSR count). The molecule has 2 heterocycles. The van der Waals surface area contributed by atoms with E-state index < -0.39 is 0 Å². The standard InChI is InChI=1S/C14H19N5O/c1-8(6-10-7-9(2)16-17-10)15-14(20)13-11-4-3-5-12(11)18-19-13/h7-8H,3-6H2,1-2H3,(H,15,20)(H,16,17)(H,18,19). The molecule has 6 heteroatoms. The molecule has 0 radical (unpaired) electrons. The third-order valence-electron chi connectivity index (χ3n) is 3.67. The van der Waals surface area contributed by atoms with E-state index in [1.165, 1.54) is 0 Å². The van der Waals surface area contributed by atoms with Gasteiger partial charge in [-0.05, 0) is 39.2 Å². The number of aromatic nitrogens is 4. The number of aromatic amines is 2. The molecule has 0 spiro atoms. The van der Waals surface area contributed by atoms with Crippen LogP contribution in [-0.2, 0) is 19.3 Å². The first-order chi connectivity index (χ1) is 9.63. The number of amides is 1. The van der Waals surface area contributed by atoms with Crippen molar-refractivity contribution in [3.63, 3.8) is 0 Å². The number of nitrogens with one attached hydrogen (secondary N) is 3. The highest BCUT2D eigenvalue weighted by molar-refractivity contribution is 5.94. The molecule has 0 aliphatic heterocycles. The second-order valence-electron chi connectivity index (χ2n) is 5.50. The molecule has 0 bridgehead atoms. The van der Waals surface area contributed by atoms with Gasteiger partial charge in [0.2, 0.25) is 0 Å². The summed E-state index contributed by atoms with van der Waals surface area (Å²) in [5.41, 5.74) is 4.75. The molecule has 0 aromatic carbocycles. The minimum atomic E-state index is -0.0934. The molecule has 1 atom stereocenters. The Balaban J connectivity index is 1.63. The Bertz CT molecular complexity index is 627. The van der Waals surface area contributed by atoms with Crippen LogP contribution in [0.4, 0.5) is 0 Å². The maximum atomic E-state index is 12.2. The smallest absolute Gasteiger partial charge is 0.272 e. The van der Waals surface area contributed by atoms with Crippen molar-refractivity contribution in [1.29, 1.82) is 0 Å². The summed E-state index contributed by atoms with van der Waals surface area (Å²) in [6, 6.07) is 2.02. The van der Waals surface area contributed by atoms with Gasteiger partial charge in [0.25, 0.3) is 5.91 Å². The number of H-pyrrole nitrogens is 2. The second-order valence-corrected chi connectivity index (χ2v) is 5.50. The topological polar surface area (TPSA) is 86.5 Å². The highest BCUT2D eigenvalue weighted by Crippen LogP contribution is 2.22. The number of carbonyl (C=O) groups is 1. The SMILES string of the molecule is Cc1cc(CC(C)NC(=O)c2n[nH]c3c2CCC3)n[nH]1. The molecule has 1 amide bonds. The molecule has 20 heavy (non-hydrogen) atoms.